The van der Waals surface area contributed by atoms with Gasteiger partial charge in [0.2, 0.25) is 5.89 Å². The van der Waals surface area contributed by atoms with Gasteiger partial charge in [-0.1, -0.05) is 18.9 Å². The van der Waals surface area contributed by atoms with Crippen molar-refractivity contribution in [3.8, 4) is 0 Å². The predicted octanol–water partition coefficient (Wildman–Crippen LogP) is 1.88. The lowest BCUT2D eigenvalue weighted by Crippen LogP contribution is -2.19. The fourth-order valence-corrected chi connectivity index (χ4v) is 1.91. The second-order valence-electron chi connectivity index (χ2n) is 4.36. The van der Waals surface area contributed by atoms with Crippen LogP contribution in [0.5, 0.6) is 0 Å². The van der Waals surface area contributed by atoms with Crippen LogP contribution in [0.25, 0.3) is 0 Å². The van der Waals surface area contributed by atoms with E-state index in [0.29, 0.717) is 30.9 Å². The third-order valence-corrected chi connectivity index (χ3v) is 2.84. The molecule has 0 amide bonds. The Kier molecular flexibility index (Phi) is 4.66. The van der Waals surface area contributed by atoms with E-state index in [1.165, 1.54) is 0 Å². The highest BCUT2D eigenvalue weighted by molar-refractivity contribution is 7.07. The van der Waals surface area contributed by atoms with Gasteiger partial charge in [-0.3, -0.25) is 0 Å². The van der Waals surface area contributed by atoms with Gasteiger partial charge in [-0.25, -0.2) is 4.98 Å². The van der Waals surface area contributed by atoms with E-state index in [-0.39, 0.29) is 0 Å². The van der Waals surface area contributed by atoms with Gasteiger partial charge < -0.3 is 15.1 Å². The summed E-state index contributed by atoms with van der Waals surface area (Å²) in [5.74, 6) is 1.20. The summed E-state index contributed by atoms with van der Waals surface area (Å²) in [4.78, 5) is 4.16. The van der Waals surface area contributed by atoms with Crippen LogP contribution in [0.4, 0.5) is 6.01 Å². The molecule has 7 heteroatoms. The molecule has 2 N–H and O–H groups in total. The molecule has 0 unspecified atom stereocenters. The van der Waals surface area contributed by atoms with E-state index in [9.17, 15) is 0 Å². The molecule has 0 aliphatic rings. The molecule has 0 radical (unpaired) electrons. The van der Waals surface area contributed by atoms with Crippen LogP contribution in [0.15, 0.2) is 15.3 Å². The van der Waals surface area contributed by atoms with Crippen LogP contribution in [-0.4, -0.2) is 21.7 Å². The van der Waals surface area contributed by atoms with Crippen molar-refractivity contribution in [3.63, 3.8) is 0 Å². The van der Waals surface area contributed by atoms with Crippen molar-refractivity contribution in [3.05, 3.63) is 22.5 Å². The molecule has 0 spiro atoms. The molecule has 2 aromatic heterocycles. The zero-order valence-electron chi connectivity index (χ0n) is 10.5. The minimum atomic E-state index is 0.435. The number of hydrogen-bond acceptors (Lipinski definition) is 7. The highest BCUT2D eigenvalue weighted by Gasteiger charge is 2.05. The smallest absolute Gasteiger partial charge is 0.315 e. The van der Waals surface area contributed by atoms with Crippen molar-refractivity contribution >= 4 is 17.4 Å². The summed E-state index contributed by atoms with van der Waals surface area (Å²) >= 11 is 1.57. The Balaban J connectivity index is 1.75. The van der Waals surface area contributed by atoms with Crippen molar-refractivity contribution in [2.24, 2.45) is 5.92 Å². The molecule has 98 valence electrons. The first-order valence-corrected chi connectivity index (χ1v) is 6.82. The average Bonchev–Trinajstić information content (AvgIpc) is 2.96. The van der Waals surface area contributed by atoms with Gasteiger partial charge in [0.05, 0.1) is 24.3 Å². The van der Waals surface area contributed by atoms with E-state index in [2.05, 4.69) is 39.7 Å². The normalized spacial score (nSPS) is 11.1. The summed E-state index contributed by atoms with van der Waals surface area (Å²) in [5, 5.41) is 16.1. The lowest BCUT2D eigenvalue weighted by molar-refractivity contribution is 0.458. The topological polar surface area (TPSA) is 75.9 Å². The molecule has 18 heavy (non-hydrogen) atoms. The van der Waals surface area contributed by atoms with Gasteiger partial charge in [0.15, 0.2) is 0 Å². The SMILES string of the molecule is CC(C)CNCc1nnc(NCc2cscn2)o1. The van der Waals surface area contributed by atoms with Gasteiger partial charge >= 0.3 is 6.01 Å². The lowest BCUT2D eigenvalue weighted by Gasteiger charge is -2.03. The minimum Gasteiger partial charge on any atom is -0.407 e. The Morgan fingerprint density at radius 2 is 2.22 bits per heavy atom. The maximum absolute atomic E-state index is 5.44. The van der Waals surface area contributed by atoms with Crippen molar-refractivity contribution < 1.29 is 4.42 Å². The maximum atomic E-state index is 5.44. The number of hydrogen-bond donors (Lipinski definition) is 2. The highest BCUT2D eigenvalue weighted by atomic mass is 32.1. The number of rotatable bonds is 7. The summed E-state index contributed by atoms with van der Waals surface area (Å²) in [6, 6.07) is 0.435. The van der Waals surface area contributed by atoms with Gasteiger partial charge in [0.25, 0.3) is 0 Å². The average molecular weight is 267 g/mol. The molecule has 0 aliphatic carbocycles. The Morgan fingerprint density at radius 1 is 1.33 bits per heavy atom. The maximum Gasteiger partial charge on any atom is 0.315 e. The van der Waals surface area contributed by atoms with Gasteiger partial charge in [-0.15, -0.1) is 16.4 Å². The molecule has 0 fully saturated rings. The summed E-state index contributed by atoms with van der Waals surface area (Å²) < 4.78 is 5.44. The molecule has 2 rings (SSSR count). The van der Waals surface area contributed by atoms with Crippen molar-refractivity contribution in [1.29, 1.82) is 0 Å². The molecule has 0 bridgehead atoms. The molecule has 0 saturated carbocycles. The molecule has 0 aliphatic heterocycles. The molecular weight excluding hydrogens is 250 g/mol. The van der Waals surface area contributed by atoms with Crippen LogP contribution in [0.2, 0.25) is 0 Å². The lowest BCUT2D eigenvalue weighted by atomic mass is 10.2. The first kappa shape index (κ1) is 13.0. The summed E-state index contributed by atoms with van der Waals surface area (Å²) in [5.41, 5.74) is 2.77. The number of thiazole rings is 1. The monoisotopic (exact) mass is 267 g/mol. The fourth-order valence-electron chi connectivity index (χ4n) is 1.36. The first-order valence-electron chi connectivity index (χ1n) is 5.88. The van der Waals surface area contributed by atoms with E-state index in [0.717, 1.165) is 12.2 Å². The zero-order chi connectivity index (χ0) is 12.8. The Morgan fingerprint density at radius 3 is 2.94 bits per heavy atom. The number of nitrogens with zero attached hydrogens (tertiary/aromatic N) is 3. The largest absolute Gasteiger partial charge is 0.407 e. The Labute approximate surface area is 110 Å². The van der Waals surface area contributed by atoms with E-state index in [1.807, 2.05) is 5.38 Å². The molecule has 6 nitrogen and oxygen atoms in total. The van der Waals surface area contributed by atoms with Crippen LogP contribution in [-0.2, 0) is 13.1 Å². The minimum absolute atomic E-state index is 0.435. The first-order chi connectivity index (χ1) is 8.74. The second kappa shape index (κ2) is 6.46. The summed E-state index contributed by atoms with van der Waals surface area (Å²) in [6.07, 6.45) is 0. The molecular formula is C11H17N5OS. The van der Waals surface area contributed by atoms with Crippen LogP contribution >= 0.6 is 11.3 Å². The standard InChI is InChI=1S/C11H17N5OS/c1-8(2)3-12-5-10-15-16-11(17-10)13-4-9-6-18-7-14-9/h6-8,12H,3-5H2,1-2H3,(H,13,16). The summed E-state index contributed by atoms with van der Waals surface area (Å²) in [6.45, 7) is 6.45. The fraction of sp³-hybridized carbons (Fsp3) is 0.545. The highest BCUT2D eigenvalue weighted by Crippen LogP contribution is 2.08. The summed E-state index contributed by atoms with van der Waals surface area (Å²) in [7, 11) is 0. The van der Waals surface area contributed by atoms with Crippen LogP contribution in [0.1, 0.15) is 25.4 Å². The van der Waals surface area contributed by atoms with E-state index in [1.54, 1.807) is 16.8 Å². The van der Waals surface area contributed by atoms with Crippen molar-refractivity contribution in [2.75, 3.05) is 11.9 Å². The molecule has 2 aromatic rings. The molecule has 0 saturated heterocycles. The Bertz CT molecular complexity index is 454. The van der Waals surface area contributed by atoms with Gasteiger partial charge in [0.1, 0.15) is 0 Å². The van der Waals surface area contributed by atoms with Crippen molar-refractivity contribution in [2.45, 2.75) is 26.9 Å². The predicted molar refractivity (Wildman–Crippen MR) is 70.3 cm³/mol. The zero-order valence-corrected chi connectivity index (χ0v) is 11.3. The molecule has 0 aromatic carbocycles. The van der Waals surface area contributed by atoms with Crippen LogP contribution in [0, 0.1) is 5.92 Å². The number of nitrogens with one attached hydrogen (secondary N) is 2. The third kappa shape index (κ3) is 4.08. The van der Waals surface area contributed by atoms with E-state index in [4.69, 9.17) is 4.42 Å². The third-order valence-electron chi connectivity index (χ3n) is 2.20. The van der Waals surface area contributed by atoms with E-state index < -0.39 is 0 Å². The molecule has 2 heterocycles. The van der Waals surface area contributed by atoms with Crippen molar-refractivity contribution in [1.82, 2.24) is 20.5 Å². The Hall–Kier alpha value is -1.47. The number of aromatic nitrogens is 3. The second-order valence-corrected chi connectivity index (χ2v) is 5.08. The van der Waals surface area contributed by atoms with Gasteiger partial charge in [-0.05, 0) is 12.5 Å². The van der Waals surface area contributed by atoms with Crippen LogP contribution in [0.3, 0.4) is 0 Å². The van der Waals surface area contributed by atoms with Gasteiger partial charge in [-0.2, -0.15) is 0 Å². The number of anilines is 1. The van der Waals surface area contributed by atoms with Gasteiger partial charge in [0, 0.05) is 5.38 Å². The van der Waals surface area contributed by atoms with Crippen LogP contribution < -0.4 is 10.6 Å². The quantitative estimate of drug-likeness (QED) is 0.797. The molecule has 0 atom stereocenters. The van der Waals surface area contributed by atoms with E-state index >= 15 is 0 Å².